The van der Waals surface area contributed by atoms with Crippen LogP contribution in [0.3, 0.4) is 0 Å². The SMILES string of the molecule is CCCCCOc1ccc(/C(O)=C2\C(=O)C(=O)N(c3ccc(CCCC)cc3)C2c2ccc(CC)cc2)cc1. The van der Waals surface area contributed by atoms with Gasteiger partial charge in [0.25, 0.3) is 11.7 Å². The van der Waals surface area contributed by atoms with Gasteiger partial charge in [0.05, 0.1) is 18.2 Å². The van der Waals surface area contributed by atoms with Crippen molar-refractivity contribution in [3.8, 4) is 5.75 Å². The highest BCUT2D eigenvalue weighted by Gasteiger charge is 2.46. The van der Waals surface area contributed by atoms with Gasteiger partial charge < -0.3 is 9.84 Å². The Labute approximate surface area is 232 Å². The fraction of sp³-hybridized carbons (Fsp3) is 0.353. The average Bonchev–Trinajstić information content (AvgIpc) is 3.24. The minimum Gasteiger partial charge on any atom is -0.507 e. The van der Waals surface area contributed by atoms with Crippen molar-refractivity contribution in [3.05, 3.63) is 101 Å². The minimum atomic E-state index is -0.734. The highest BCUT2D eigenvalue weighted by molar-refractivity contribution is 6.51. The number of amides is 1. The molecule has 1 aliphatic rings. The van der Waals surface area contributed by atoms with Crippen LogP contribution in [-0.4, -0.2) is 23.4 Å². The van der Waals surface area contributed by atoms with Crippen LogP contribution in [0.2, 0.25) is 0 Å². The van der Waals surface area contributed by atoms with Crippen LogP contribution in [0.1, 0.15) is 81.2 Å². The quantitative estimate of drug-likeness (QED) is 0.113. The van der Waals surface area contributed by atoms with Crippen molar-refractivity contribution < 1.29 is 19.4 Å². The minimum absolute atomic E-state index is 0.0934. The van der Waals surface area contributed by atoms with Gasteiger partial charge in [-0.1, -0.05) is 76.4 Å². The molecule has 1 N–H and O–H groups in total. The molecule has 39 heavy (non-hydrogen) atoms. The predicted molar refractivity (Wildman–Crippen MR) is 157 cm³/mol. The van der Waals surface area contributed by atoms with Crippen molar-refractivity contribution in [3.63, 3.8) is 0 Å². The summed E-state index contributed by atoms with van der Waals surface area (Å²) in [7, 11) is 0. The summed E-state index contributed by atoms with van der Waals surface area (Å²) in [5.74, 6) is -0.805. The Bertz CT molecular complexity index is 1290. The lowest BCUT2D eigenvalue weighted by molar-refractivity contribution is -0.132. The summed E-state index contributed by atoms with van der Waals surface area (Å²) in [5.41, 5.74) is 4.33. The van der Waals surface area contributed by atoms with Gasteiger partial charge in [-0.15, -0.1) is 0 Å². The van der Waals surface area contributed by atoms with E-state index >= 15 is 0 Å². The van der Waals surface area contributed by atoms with Crippen LogP contribution < -0.4 is 9.64 Å². The van der Waals surface area contributed by atoms with E-state index < -0.39 is 17.7 Å². The number of aliphatic hydroxyl groups excluding tert-OH is 1. The highest BCUT2D eigenvalue weighted by Crippen LogP contribution is 2.42. The van der Waals surface area contributed by atoms with Gasteiger partial charge in [0.2, 0.25) is 0 Å². The maximum Gasteiger partial charge on any atom is 0.300 e. The Morgan fingerprint density at radius 2 is 1.44 bits per heavy atom. The lowest BCUT2D eigenvalue weighted by Crippen LogP contribution is -2.29. The molecule has 204 valence electrons. The van der Waals surface area contributed by atoms with E-state index in [0.717, 1.165) is 56.1 Å². The van der Waals surface area contributed by atoms with Gasteiger partial charge in [0.15, 0.2) is 0 Å². The van der Waals surface area contributed by atoms with Crippen LogP contribution in [0.25, 0.3) is 5.76 Å². The Morgan fingerprint density at radius 1 is 0.795 bits per heavy atom. The molecule has 1 heterocycles. The average molecular weight is 526 g/mol. The lowest BCUT2D eigenvalue weighted by Gasteiger charge is -2.26. The number of hydrogen-bond acceptors (Lipinski definition) is 4. The van der Waals surface area contributed by atoms with Gasteiger partial charge in [-0.3, -0.25) is 14.5 Å². The molecular formula is C34H39NO4. The first kappa shape index (κ1) is 28.2. The summed E-state index contributed by atoms with van der Waals surface area (Å²) >= 11 is 0. The molecule has 5 nitrogen and oxygen atoms in total. The number of Topliss-reactive ketones (excluding diaryl/α,β-unsaturated/α-hetero) is 1. The molecule has 1 amide bonds. The van der Waals surface area contributed by atoms with E-state index in [-0.39, 0.29) is 11.3 Å². The van der Waals surface area contributed by atoms with Crippen molar-refractivity contribution in [2.45, 2.75) is 71.8 Å². The van der Waals surface area contributed by atoms with Gasteiger partial charge >= 0.3 is 0 Å². The van der Waals surface area contributed by atoms with E-state index in [9.17, 15) is 14.7 Å². The van der Waals surface area contributed by atoms with E-state index in [4.69, 9.17) is 4.74 Å². The number of anilines is 1. The second kappa shape index (κ2) is 13.3. The monoisotopic (exact) mass is 525 g/mol. The predicted octanol–water partition coefficient (Wildman–Crippen LogP) is 7.79. The fourth-order valence-electron chi connectivity index (χ4n) is 4.96. The van der Waals surface area contributed by atoms with Gasteiger partial charge in [-0.05, 0) is 78.8 Å². The number of aryl methyl sites for hydroxylation is 2. The van der Waals surface area contributed by atoms with E-state index in [2.05, 4.69) is 20.8 Å². The molecule has 0 aromatic heterocycles. The molecule has 0 spiro atoms. The van der Waals surface area contributed by atoms with Crippen LogP contribution >= 0.6 is 0 Å². The van der Waals surface area contributed by atoms with Crippen LogP contribution in [0.4, 0.5) is 5.69 Å². The number of carbonyl (C=O) groups excluding carboxylic acids is 2. The molecule has 0 saturated carbocycles. The zero-order chi connectivity index (χ0) is 27.8. The van der Waals surface area contributed by atoms with Gasteiger partial charge in [0.1, 0.15) is 11.5 Å². The number of hydrogen-bond donors (Lipinski definition) is 1. The number of carbonyl (C=O) groups is 2. The van der Waals surface area contributed by atoms with Crippen molar-refractivity contribution >= 4 is 23.1 Å². The molecule has 0 aliphatic carbocycles. The number of rotatable bonds is 12. The van der Waals surface area contributed by atoms with Crippen molar-refractivity contribution in [2.24, 2.45) is 0 Å². The number of nitrogens with zero attached hydrogens (tertiary/aromatic N) is 1. The van der Waals surface area contributed by atoms with E-state index in [0.29, 0.717) is 23.6 Å². The number of benzene rings is 3. The molecule has 5 heteroatoms. The van der Waals surface area contributed by atoms with Crippen LogP contribution in [-0.2, 0) is 22.4 Å². The van der Waals surface area contributed by atoms with Crippen LogP contribution in [0.5, 0.6) is 5.75 Å². The third kappa shape index (κ3) is 6.42. The van der Waals surface area contributed by atoms with E-state index in [1.165, 1.54) is 10.5 Å². The van der Waals surface area contributed by atoms with Gasteiger partial charge in [-0.25, -0.2) is 0 Å². The summed E-state index contributed by atoms with van der Waals surface area (Å²) in [5, 5.41) is 11.4. The smallest absolute Gasteiger partial charge is 0.300 e. The Balaban J connectivity index is 1.72. The van der Waals surface area contributed by atoms with Crippen LogP contribution in [0, 0.1) is 0 Å². The van der Waals surface area contributed by atoms with Crippen molar-refractivity contribution in [1.29, 1.82) is 0 Å². The number of unbranched alkanes of at least 4 members (excludes halogenated alkanes) is 3. The third-order valence-corrected chi connectivity index (χ3v) is 7.33. The standard InChI is InChI=1S/C34H39NO4/c1-4-7-9-23-39-29-21-17-27(18-22-29)32(36)30-31(26-15-11-24(6-3)12-16-26)35(34(38)33(30)37)28-19-13-25(14-20-28)10-8-5-2/h11-22,31,36H,4-10,23H2,1-3H3/b32-30+. The Morgan fingerprint density at radius 3 is 2.05 bits per heavy atom. The first-order chi connectivity index (χ1) is 19.0. The summed E-state index contributed by atoms with van der Waals surface area (Å²) < 4.78 is 5.80. The molecule has 1 atom stereocenters. The zero-order valence-corrected chi connectivity index (χ0v) is 23.3. The zero-order valence-electron chi connectivity index (χ0n) is 23.3. The number of ether oxygens (including phenoxy) is 1. The lowest BCUT2D eigenvalue weighted by atomic mass is 9.94. The molecule has 1 fully saturated rings. The molecular weight excluding hydrogens is 486 g/mol. The van der Waals surface area contributed by atoms with E-state index in [1.54, 1.807) is 24.3 Å². The maximum absolute atomic E-state index is 13.5. The Hall–Kier alpha value is -3.86. The van der Waals surface area contributed by atoms with Crippen molar-refractivity contribution in [1.82, 2.24) is 0 Å². The first-order valence-corrected chi connectivity index (χ1v) is 14.2. The molecule has 1 saturated heterocycles. The topological polar surface area (TPSA) is 66.8 Å². The van der Waals surface area contributed by atoms with E-state index in [1.807, 2.05) is 48.5 Å². The highest BCUT2D eigenvalue weighted by atomic mass is 16.5. The Kier molecular flexibility index (Phi) is 9.59. The molecule has 3 aromatic carbocycles. The normalized spacial score (nSPS) is 16.6. The second-order valence-electron chi connectivity index (χ2n) is 10.1. The molecule has 1 unspecified atom stereocenters. The first-order valence-electron chi connectivity index (χ1n) is 14.2. The van der Waals surface area contributed by atoms with Gasteiger partial charge in [-0.2, -0.15) is 0 Å². The van der Waals surface area contributed by atoms with Gasteiger partial charge in [0, 0.05) is 11.3 Å². The third-order valence-electron chi connectivity index (χ3n) is 7.33. The molecule has 0 bridgehead atoms. The fourth-order valence-corrected chi connectivity index (χ4v) is 4.96. The second-order valence-corrected chi connectivity index (χ2v) is 10.1. The summed E-state index contributed by atoms with van der Waals surface area (Å²) in [6.07, 6.45) is 7.27. The number of ketones is 1. The summed E-state index contributed by atoms with van der Waals surface area (Å²) in [4.78, 5) is 28.4. The van der Waals surface area contributed by atoms with Crippen molar-refractivity contribution in [2.75, 3.05) is 11.5 Å². The molecule has 0 radical (unpaired) electrons. The largest absolute Gasteiger partial charge is 0.507 e. The molecule has 4 rings (SSSR count). The number of aliphatic hydroxyl groups is 1. The molecule has 1 aliphatic heterocycles. The summed E-state index contributed by atoms with van der Waals surface area (Å²) in [6.45, 7) is 7.02. The maximum atomic E-state index is 13.5. The summed E-state index contributed by atoms with van der Waals surface area (Å²) in [6, 6.07) is 22.0. The molecule has 3 aromatic rings. The van der Waals surface area contributed by atoms with Crippen LogP contribution in [0.15, 0.2) is 78.4 Å².